The molecule has 0 saturated carbocycles. The second-order valence-corrected chi connectivity index (χ2v) is 3.54. The van der Waals surface area contributed by atoms with E-state index in [1.165, 1.54) is 11.3 Å². The van der Waals surface area contributed by atoms with Gasteiger partial charge in [0, 0.05) is 12.7 Å². The van der Waals surface area contributed by atoms with Crippen molar-refractivity contribution in [1.82, 2.24) is 10.3 Å². The molecule has 0 aliphatic rings. The quantitative estimate of drug-likeness (QED) is 0.679. The zero-order valence-corrected chi connectivity index (χ0v) is 7.97. The van der Waals surface area contributed by atoms with E-state index in [4.69, 9.17) is 0 Å². The average molecular weight is 186 g/mol. The van der Waals surface area contributed by atoms with E-state index in [0.717, 1.165) is 17.8 Å². The molecule has 0 fully saturated rings. The predicted molar refractivity (Wildman–Crippen MR) is 50.2 cm³/mol. The van der Waals surface area contributed by atoms with Gasteiger partial charge < -0.3 is 10.4 Å². The number of thiazole rings is 1. The third kappa shape index (κ3) is 2.89. The fourth-order valence-electron chi connectivity index (χ4n) is 0.906. The first-order chi connectivity index (χ1) is 5.84. The van der Waals surface area contributed by atoms with Crippen LogP contribution in [0, 0.1) is 0 Å². The Morgan fingerprint density at radius 3 is 3.17 bits per heavy atom. The lowest BCUT2D eigenvalue weighted by Crippen LogP contribution is -2.21. The highest BCUT2D eigenvalue weighted by molar-refractivity contribution is 7.09. The van der Waals surface area contributed by atoms with Crippen molar-refractivity contribution in [2.75, 3.05) is 13.1 Å². The van der Waals surface area contributed by atoms with Crippen molar-refractivity contribution in [2.45, 2.75) is 19.4 Å². The molecular weight excluding hydrogens is 172 g/mol. The fourth-order valence-corrected chi connectivity index (χ4v) is 1.51. The van der Waals surface area contributed by atoms with Gasteiger partial charge in [-0.15, -0.1) is 11.3 Å². The lowest BCUT2D eigenvalue weighted by atomic mass is 10.3. The Morgan fingerprint density at radius 1 is 1.75 bits per heavy atom. The molecule has 0 amide bonds. The van der Waals surface area contributed by atoms with E-state index in [1.807, 2.05) is 0 Å². The molecule has 0 saturated heterocycles. The molecule has 0 bridgehead atoms. The summed E-state index contributed by atoms with van der Waals surface area (Å²) >= 11 is 1.49. The molecule has 1 rings (SSSR count). The van der Waals surface area contributed by atoms with Gasteiger partial charge in [0.25, 0.3) is 0 Å². The van der Waals surface area contributed by atoms with Crippen LogP contribution < -0.4 is 5.32 Å². The van der Waals surface area contributed by atoms with Crippen LogP contribution in [0.5, 0.6) is 0 Å². The number of hydrogen-bond donors (Lipinski definition) is 2. The van der Waals surface area contributed by atoms with Gasteiger partial charge in [-0.25, -0.2) is 0 Å². The van der Waals surface area contributed by atoms with Gasteiger partial charge in [-0.1, -0.05) is 6.92 Å². The highest BCUT2D eigenvalue weighted by Gasteiger charge is 2.07. The maximum Gasteiger partial charge on any atom is 0.102 e. The van der Waals surface area contributed by atoms with Gasteiger partial charge in [0.2, 0.25) is 0 Å². The molecule has 1 atom stereocenters. The standard InChI is InChI=1S/C8H14N2OS/c1-2-3-9-4-7(11)8-5-10-6-12-8/h5-7,9,11H,2-4H2,1H3. The largest absolute Gasteiger partial charge is 0.386 e. The average Bonchev–Trinajstić information content (AvgIpc) is 2.56. The van der Waals surface area contributed by atoms with E-state index < -0.39 is 6.10 Å². The molecule has 4 heteroatoms. The third-order valence-electron chi connectivity index (χ3n) is 1.54. The van der Waals surface area contributed by atoms with Gasteiger partial charge in [-0.2, -0.15) is 0 Å². The number of hydrogen-bond acceptors (Lipinski definition) is 4. The summed E-state index contributed by atoms with van der Waals surface area (Å²) in [6.45, 7) is 3.68. The maximum atomic E-state index is 9.54. The van der Waals surface area contributed by atoms with Crippen LogP contribution in [0.15, 0.2) is 11.7 Å². The maximum absolute atomic E-state index is 9.54. The Labute approximate surface area is 76.5 Å². The first-order valence-corrected chi connectivity index (χ1v) is 4.99. The summed E-state index contributed by atoms with van der Waals surface area (Å²) in [5.74, 6) is 0. The molecule has 0 aromatic carbocycles. The van der Waals surface area contributed by atoms with Crippen molar-refractivity contribution >= 4 is 11.3 Å². The number of aliphatic hydroxyl groups excluding tert-OH is 1. The molecule has 68 valence electrons. The molecule has 1 unspecified atom stereocenters. The summed E-state index contributed by atoms with van der Waals surface area (Å²) in [4.78, 5) is 4.83. The van der Waals surface area contributed by atoms with Gasteiger partial charge in [-0.05, 0) is 13.0 Å². The highest BCUT2D eigenvalue weighted by atomic mass is 32.1. The minimum absolute atomic E-state index is 0.399. The lowest BCUT2D eigenvalue weighted by molar-refractivity contribution is 0.178. The van der Waals surface area contributed by atoms with Crippen molar-refractivity contribution < 1.29 is 5.11 Å². The number of aromatic nitrogens is 1. The first kappa shape index (κ1) is 9.64. The third-order valence-corrected chi connectivity index (χ3v) is 2.42. The van der Waals surface area contributed by atoms with Crippen LogP contribution in [0.3, 0.4) is 0 Å². The first-order valence-electron chi connectivity index (χ1n) is 4.11. The summed E-state index contributed by atoms with van der Waals surface area (Å²) in [6, 6.07) is 0. The second-order valence-electron chi connectivity index (χ2n) is 2.62. The summed E-state index contributed by atoms with van der Waals surface area (Å²) in [7, 11) is 0. The summed E-state index contributed by atoms with van der Waals surface area (Å²) in [5.41, 5.74) is 1.73. The van der Waals surface area contributed by atoms with Crippen molar-refractivity contribution in [3.8, 4) is 0 Å². The number of rotatable bonds is 5. The van der Waals surface area contributed by atoms with Crippen molar-refractivity contribution in [2.24, 2.45) is 0 Å². The zero-order chi connectivity index (χ0) is 8.81. The molecule has 3 nitrogen and oxygen atoms in total. The van der Waals surface area contributed by atoms with Crippen molar-refractivity contribution in [3.63, 3.8) is 0 Å². The number of nitrogens with one attached hydrogen (secondary N) is 1. The summed E-state index contributed by atoms with van der Waals surface area (Å²) in [6.07, 6.45) is 2.40. The molecule has 0 radical (unpaired) electrons. The normalized spacial score (nSPS) is 13.2. The molecule has 1 aromatic heterocycles. The van der Waals surface area contributed by atoms with Gasteiger partial charge in [0.1, 0.15) is 6.10 Å². The van der Waals surface area contributed by atoms with Crippen molar-refractivity contribution in [3.05, 3.63) is 16.6 Å². The topological polar surface area (TPSA) is 45.1 Å². The van der Waals surface area contributed by atoms with Gasteiger partial charge in [0.15, 0.2) is 0 Å². The van der Waals surface area contributed by atoms with Crippen LogP contribution in [0.25, 0.3) is 0 Å². The Morgan fingerprint density at radius 2 is 2.58 bits per heavy atom. The summed E-state index contributed by atoms with van der Waals surface area (Å²) < 4.78 is 0. The van der Waals surface area contributed by atoms with Crippen LogP contribution in [0.1, 0.15) is 24.3 Å². The molecule has 0 aliphatic carbocycles. The van der Waals surface area contributed by atoms with E-state index in [2.05, 4.69) is 17.2 Å². The minimum atomic E-state index is -0.399. The smallest absolute Gasteiger partial charge is 0.102 e. The van der Waals surface area contributed by atoms with E-state index in [9.17, 15) is 5.11 Å². The van der Waals surface area contributed by atoms with Crippen LogP contribution >= 0.6 is 11.3 Å². The highest BCUT2D eigenvalue weighted by Crippen LogP contribution is 2.15. The molecule has 12 heavy (non-hydrogen) atoms. The minimum Gasteiger partial charge on any atom is -0.386 e. The monoisotopic (exact) mass is 186 g/mol. The van der Waals surface area contributed by atoms with Gasteiger partial charge in [0.05, 0.1) is 10.4 Å². The Hall–Kier alpha value is -0.450. The van der Waals surface area contributed by atoms with Crippen molar-refractivity contribution in [1.29, 1.82) is 0 Å². The Kier molecular flexibility index (Phi) is 4.21. The van der Waals surface area contributed by atoms with E-state index in [0.29, 0.717) is 6.54 Å². The van der Waals surface area contributed by atoms with Crippen LogP contribution in [-0.4, -0.2) is 23.2 Å². The molecule has 1 aromatic rings. The van der Waals surface area contributed by atoms with E-state index in [-0.39, 0.29) is 0 Å². The van der Waals surface area contributed by atoms with Crippen LogP contribution in [0.2, 0.25) is 0 Å². The molecule has 1 heterocycles. The molecular formula is C8H14N2OS. The van der Waals surface area contributed by atoms with E-state index in [1.54, 1.807) is 11.7 Å². The Balaban J connectivity index is 2.25. The van der Waals surface area contributed by atoms with E-state index >= 15 is 0 Å². The zero-order valence-electron chi connectivity index (χ0n) is 7.16. The number of nitrogens with zero attached hydrogens (tertiary/aromatic N) is 1. The lowest BCUT2D eigenvalue weighted by Gasteiger charge is -2.07. The van der Waals surface area contributed by atoms with Gasteiger partial charge >= 0.3 is 0 Å². The molecule has 2 N–H and O–H groups in total. The predicted octanol–water partition coefficient (Wildman–Crippen LogP) is 1.18. The fraction of sp³-hybridized carbons (Fsp3) is 0.625. The molecule has 0 aliphatic heterocycles. The Bertz CT molecular complexity index is 201. The molecule has 0 spiro atoms. The van der Waals surface area contributed by atoms with Gasteiger partial charge in [-0.3, -0.25) is 4.98 Å². The van der Waals surface area contributed by atoms with Crippen LogP contribution in [-0.2, 0) is 0 Å². The van der Waals surface area contributed by atoms with Crippen LogP contribution in [0.4, 0.5) is 0 Å². The summed E-state index contributed by atoms with van der Waals surface area (Å²) in [5, 5.41) is 12.7. The SMILES string of the molecule is CCCNCC(O)c1cncs1. The number of aliphatic hydroxyl groups is 1. The second kappa shape index (κ2) is 5.24.